The Morgan fingerprint density at radius 3 is 2.03 bits per heavy atom. The quantitative estimate of drug-likeness (QED) is 0.216. The molecule has 4 aromatic rings. The Morgan fingerprint density at radius 1 is 0.829 bits per heavy atom. The molecular formula is C20H14N4O9S2. The number of fused-ring (bicyclic) bond motifs is 1. The summed E-state index contributed by atoms with van der Waals surface area (Å²) >= 11 is 0. The van der Waals surface area contributed by atoms with E-state index in [0.29, 0.717) is 0 Å². The van der Waals surface area contributed by atoms with E-state index in [4.69, 9.17) is 4.55 Å². The first kappa shape index (κ1) is 24.0. The Morgan fingerprint density at radius 2 is 1.46 bits per heavy atom. The molecule has 0 saturated carbocycles. The zero-order valence-electron chi connectivity index (χ0n) is 17.2. The largest absolute Gasteiger partial charge is 0.492 e. The van der Waals surface area contributed by atoms with Gasteiger partial charge in [0.05, 0.1) is 16.3 Å². The molecule has 0 aliphatic heterocycles. The topological polar surface area (TPSA) is 209 Å². The van der Waals surface area contributed by atoms with E-state index < -0.39 is 48.4 Å². The van der Waals surface area contributed by atoms with Gasteiger partial charge < -0.3 is 10.2 Å². The van der Waals surface area contributed by atoms with E-state index in [9.17, 15) is 36.4 Å². The standard InChI is InChI=1S/C20H14N4O9S2/c25-19-17(18(20(26)27)23-24(19)11-5-7-12(8-6-11)34(28,29)30)22-21-15-9-10-16(35(31,32)33)14-4-2-1-3-13(14)15/h1-10,25H,(H,26,27)(H,28,29,30)(H,31,32,33)/b22-21+. The van der Waals surface area contributed by atoms with Crippen LogP contribution >= 0.6 is 0 Å². The van der Waals surface area contributed by atoms with E-state index in [0.717, 1.165) is 22.9 Å². The normalized spacial score (nSPS) is 12.4. The van der Waals surface area contributed by atoms with Gasteiger partial charge in [0.15, 0.2) is 5.69 Å². The highest BCUT2D eigenvalue weighted by molar-refractivity contribution is 7.86. The predicted molar refractivity (Wildman–Crippen MR) is 120 cm³/mol. The lowest BCUT2D eigenvalue weighted by atomic mass is 10.1. The summed E-state index contributed by atoms with van der Waals surface area (Å²) in [6, 6.07) is 12.8. The molecule has 13 nitrogen and oxygen atoms in total. The molecule has 0 saturated heterocycles. The van der Waals surface area contributed by atoms with Gasteiger partial charge in [-0.1, -0.05) is 24.3 Å². The van der Waals surface area contributed by atoms with E-state index in [-0.39, 0.29) is 27.0 Å². The molecule has 15 heteroatoms. The third kappa shape index (κ3) is 4.60. The average molecular weight is 518 g/mol. The Kier molecular flexibility index (Phi) is 5.85. The Bertz CT molecular complexity index is 1730. The molecule has 4 N–H and O–H groups in total. The van der Waals surface area contributed by atoms with Gasteiger partial charge in [-0.25, -0.2) is 4.79 Å². The number of hydrogen-bond acceptors (Lipinski definition) is 9. The molecule has 3 aromatic carbocycles. The molecule has 0 radical (unpaired) electrons. The molecule has 0 atom stereocenters. The van der Waals surface area contributed by atoms with Crippen molar-refractivity contribution in [3.05, 3.63) is 66.4 Å². The fraction of sp³-hybridized carbons (Fsp3) is 0. The molecule has 0 bridgehead atoms. The molecule has 180 valence electrons. The van der Waals surface area contributed by atoms with Gasteiger partial charge in [-0.05, 0) is 36.4 Å². The minimum absolute atomic E-state index is 0.0572. The summed E-state index contributed by atoms with van der Waals surface area (Å²) in [6.07, 6.45) is 0. The van der Waals surface area contributed by atoms with Gasteiger partial charge in [0.1, 0.15) is 4.90 Å². The Labute approximate surface area is 197 Å². The summed E-state index contributed by atoms with van der Waals surface area (Å²) in [4.78, 5) is 10.9. The van der Waals surface area contributed by atoms with Crippen molar-refractivity contribution in [2.75, 3.05) is 0 Å². The van der Waals surface area contributed by atoms with E-state index in [1.807, 2.05) is 0 Å². The third-order valence-electron chi connectivity index (χ3n) is 4.82. The van der Waals surface area contributed by atoms with Gasteiger partial charge in [-0.3, -0.25) is 9.11 Å². The van der Waals surface area contributed by atoms with Crippen molar-refractivity contribution in [1.29, 1.82) is 0 Å². The molecule has 4 rings (SSSR count). The van der Waals surface area contributed by atoms with Crippen LogP contribution in [-0.2, 0) is 20.2 Å². The Balaban J connectivity index is 1.82. The zero-order valence-corrected chi connectivity index (χ0v) is 18.8. The highest BCUT2D eigenvalue weighted by atomic mass is 32.2. The minimum atomic E-state index is -4.53. The maximum atomic E-state index is 11.7. The second-order valence-electron chi connectivity index (χ2n) is 7.01. The summed E-state index contributed by atoms with van der Waals surface area (Å²) in [6.45, 7) is 0. The number of carboxylic acid groups (broad SMARTS) is 1. The van der Waals surface area contributed by atoms with E-state index >= 15 is 0 Å². The van der Waals surface area contributed by atoms with Gasteiger partial charge in [-0.15, -0.1) is 10.2 Å². The summed E-state index contributed by atoms with van der Waals surface area (Å²) in [5.74, 6) is -2.28. The minimum Gasteiger partial charge on any atom is -0.492 e. The van der Waals surface area contributed by atoms with Crippen LogP contribution in [0.3, 0.4) is 0 Å². The number of aromatic hydroxyl groups is 1. The summed E-state index contributed by atoms with van der Waals surface area (Å²) < 4.78 is 65.1. The number of hydrogen-bond donors (Lipinski definition) is 4. The number of azo groups is 1. The van der Waals surface area contributed by atoms with Gasteiger partial charge in [-0.2, -0.15) is 26.6 Å². The number of carbonyl (C=O) groups is 1. The van der Waals surface area contributed by atoms with Crippen molar-refractivity contribution >= 4 is 48.4 Å². The first-order valence-corrected chi connectivity index (χ1v) is 12.3. The number of rotatable bonds is 6. The molecule has 1 aromatic heterocycles. The predicted octanol–water partition coefficient (Wildman–Crippen LogP) is 3.34. The SMILES string of the molecule is O=C(O)c1nn(-c2ccc(S(=O)(=O)O)cc2)c(O)c1/N=N/c1ccc(S(=O)(=O)O)c2ccccc12. The molecule has 0 aliphatic carbocycles. The lowest BCUT2D eigenvalue weighted by Crippen LogP contribution is -2.02. The first-order valence-electron chi connectivity index (χ1n) is 9.42. The van der Waals surface area contributed by atoms with Crippen LogP contribution in [0.5, 0.6) is 5.88 Å². The van der Waals surface area contributed by atoms with Crippen molar-refractivity contribution in [3.63, 3.8) is 0 Å². The van der Waals surface area contributed by atoms with Crippen LogP contribution in [0, 0.1) is 0 Å². The molecule has 1 heterocycles. The van der Waals surface area contributed by atoms with Crippen LogP contribution in [0.1, 0.15) is 10.5 Å². The lowest BCUT2D eigenvalue weighted by Gasteiger charge is -2.06. The fourth-order valence-corrected chi connectivity index (χ4v) is 4.42. The molecule has 0 unspecified atom stereocenters. The second kappa shape index (κ2) is 8.55. The van der Waals surface area contributed by atoms with Crippen LogP contribution in [0.15, 0.2) is 80.7 Å². The van der Waals surface area contributed by atoms with Crippen molar-refractivity contribution in [1.82, 2.24) is 9.78 Å². The number of aromatic carboxylic acids is 1. The number of carboxylic acids is 1. The van der Waals surface area contributed by atoms with Crippen LogP contribution in [-0.4, -0.2) is 51.9 Å². The average Bonchev–Trinajstić information content (AvgIpc) is 3.12. The molecule has 0 aliphatic rings. The number of nitrogens with zero attached hydrogens (tertiary/aromatic N) is 4. The van der Waals surface area contributed by atoms with Crippen LogP contribution in [0.2, 0.25) is 0 Å². The van der Waals surface area contributed by atoms with E-state index in [2.05, 4.69) is 15.3 Å². The molecule has 0 fully saturated rings. The second-order valence-corrected chi connectivity index (χ2v) is 9.82. The molecular weight excluding hydrogens is 504 g/mol. The molecule has 0 spiro atoms. The van der Waals surface area contributed by atoms with Crippen molar-refractivity contribution in [2.24, 2.45) is 10.2 Å². The highest BCUT2D eigenvalue weighted by Crippen LogP contribution is 2.37. The van der Waals surface area contributed by atoms with Crippen molar-refractivity contribution < 1.29 is 40.9 Å². The monoisotopic (exact) mass is 518 g/mol. The van der Waals surface area contributed by atoms with Gasteiger partial charge in [0.25, 0.3) is 20.2 Å². The molecule has 0 amide bonds. The maximum absolute atomic E-state index is 11.7. The third-order valence-corrected chi connectivity index (χ3v) is 6.59. The number of aromatic nitrogens is 2. The van der Waals surface area contributed by atoms with E-state index in [1.54, 1.807) is 12.1 Å². The van der Waals surface area contributed by atoms with Crippen LogP contribution < -0.4 is 0 Å². The first-order chi connectivity index (χ1) is 16.4. The van der Waals surface area contributed by atoms with Gasteiger partial charge in [0.2, 0.25) is 11.6 Å². The lowest BCUT2D eigenvalue weighted by molar-refractivity contribution is 0.0690. The van der Waals surface area contributed by atoms with Crippen molar-refractivity contribution in [2.45, 2.75) is 9.79 Å². The van der Waals surface area contributed by atoms with Gasteiger partial charge >= 0.3 is 5.97 Å². The summed E-state index contributed by atoms with van der Waals surface area (Å²) in [5, 5.41) is 32.0. The zero-order chi connectivity index (χ0) is 25.5. The van der Waals surface area contributed by atoms with E-state index in [1.165, 1.54) is 30.3 Å². The fourth-order valence-electron chi connectivity index (χ4n) is 3.25. The summed E-state index contributed by atoms with van der Waals surface area (Å²) in [7, 11) is -9.01. The molecule has 35 heavy (non-hydrogen) atoms. The maximum Gasteiger partial charge on any atom is 0.358 e. The van der Waals surface area contributed by atoms with Crippen LogP contribution in [0.25, 0.3) is 16.5 Å². The van der Waals surface area contributed by atoms with Crippen LogP contribution in [0.4, 0.5) is 11.4 Å². The summed E-state index contributed by atoms with van der Waals surface area (Å²) in [5.41, 5.74) is -1.04. The number of benzene rings is 3. The Hall–Kier alpha value is -4.18. The van der Waals surface area contributed by atoms with Crippen molar-refractivity contribution in [3.8, 4) is 11.6 Å². The smallest absolute Gasteiger partial charge is 0.358 e. The highest BCUT2D eigenvalue weighted by Gasteiger charge is 2.24. The van der Waals surface area contributed by atoms with Gasteiger partial charge in [0, 0.05) is 10.8 Å².